The number of hydrogen-bond acceptors (Lipinski definition) is 7. The van der Waals surface area contributed by atoms with Crippen molar-refractivity contribution in [3.05, 3.63) is 112 Å². The monoisotopic (exact) mass is 524 g/mol. The molecule has 6 rings (SSSR count). The zero-order valence-corrected chi connectivity index (χ0v) is 21.4. The van der Waals surface area contributed by atoms with Gasteiger partial charge in [0.15, 0.2) is 5.13 Å². The van der Waals surface area contributed by atoms with Crippen LogP contribution in [0.2, 0.25) is 0 Å². The highest BCUT2D eigenvalue weighted by atomic mass is 32.1. The van der Waals surface area contributed by atoms with E-state index in [2.05, 4.69) is 4.98 Å². The van der Waals surface area contributed by atoms with Crippen molar-refractivity contribution in [2.45, 2.75) is 32.1 Å². The fourth-order valence-electron chi connectivity index (χ4n) is 4.92. The molecule has 0 bridgehead atoms. The molecule has 190 valence electrons. The molecule has 2 aliphatic rings. The van der Waals surface area contributed by atoms with Crippen molar-refractivity contribution in [1.29, 1.82) is 0 Å². The van der Waals surface area contributed by atoms with E-state index >= 15 is 0 Å². The van der Waals surface area contributed by atoms with Crippen LogP contribution < -0.4 is 14.4 Å². The van der Waals surface area contributed by atoms with Gasteiger partial charge in [-0.3, -0.25) is 14.5 Å². The van der Waals surface area contributed by atoms with Gasteiger partial charge in [0.2, 0.25) is 0 Å². The minimum absolute atomic E-state index is 0.0114. The summed E-state index contributed by atoms with van der Waals surface area (Å²) in [5.41, 5.74) is 3.06. The third-order valence-electron chi connectivity index (χ3n) is 6.66. The number of aliphatic hydroxyl groups excluding tert-OH is 1. The van der Waals surface area contributed by atoms with Crippen molar-refractivity contribution in [3.63, 3.8) is 0 Å². The van der Waals surface area contributed by atoms with Crippen molar-refractivity contribution in [2.24, 2.45) is 0 Å². The van der Waals surface area contributed by atoms with Crippen LogP contribution in [-0.2, 0) is 22.6 Å². The molecule has 0 radical (unpaired) electrons. The van der Waals surface area contributed by atoms with Gasteiger partial charge in [-0.05, 0) is 53.9 Å². The summed E-state index contributed by atoms with van der Waals surface area (Å²) in [6, 6.07) is 21.5. The zero-order valence-electron chi connectivity index (χ0n) is 20.5. The number of rotatable bonds is 6. The van der Waals surface area contributed by atoms with E-state index in [-0.39, 0.29) is 17.4 Å². The Bertz CT molecular complexity index is 1550. The van der Waals surface area contributed by atoms with Crippen LogP contribution in [0.1, 0.15) is 35.2 Å². The normalized spacial score (nSPS) is 19.9. The van der Waals surface area contributed by atoms with Gasteiger partial charge in [-0.15, -0.1) is 11.3 Å². The summed E-state index contributed by atoms with van der Waals surface area (Å²) in [7, 11) is 0. The van der Waals surface area contributed by atoms with Gasteiger partial charge in [-0.2, -0.15) is 0 Å². The lowest BCUT2D eigenvalue weighted by molar-refractivity contribution is -0.132. The van der Waals surface area contributed by atoms with Gasteiger partial charge in [0, 0.05) is 23.6 Å². The average Bonchev–Trinajstić information content (AvgIpc) is 3.65. The molecule has 38 heavy (non-hydrogen) atoms. The number of hydrogen-bond donors (Lipinski definition) is 1. The molecular weight excluding hydrogens is 500 g/mol. The number of carbonyl (C=O) groups excluding carboxylic acids is 2. The Morgan fingerprint density at radius 3 is 2.74 bits per heavy atom. The van der Waals surface area contributed by atoms with E-state index in [0.717, 1.165) is 16.9 Å². The predicted molar refractivity (Wildman–Crippen MR) is 144 cm³/mol. The molecule has 4 aromatic rings. The fraction of sp³-hybridized carbons (Fsp3) is 0.167. The van der Waals surface area contributed by atoms with E-state index in [1.54, 1.807) is 29.8 Å². The number of Topliss-reactive ketones (excluding diaryl/α,β-unsaturated/α-hetero) is 1. The minimum atomic E-state index is -0.871. The Morgan fingerprint density at radius 1 is 1.11 bits per heavy atom. The lowest BCUT2D eigenvalue weighted by Gasteiger charge is -2.23. The molecule has 1 saturated heterocycles. The Balaban J connectivity index is 1.42. The molecule has 0 aliphatic carbocycles. The Hall–Kier alpha value is -4.43. The molecule has 1 fully saturated rings. The van der Waals surface area contributed by atoms with Crippen LogP contribution in [0.3, 0.4) is 0 Å². The van der Waals surface area contributed by atoms with Gasteiger partial charge in [0.25, 0.3) is 5.78 Å². The van der Waals surface area contributed by atoms with Gasteiger partial charge < -0.3 is 14.6 Å². The average molecular weight is 525 g/mol. The molecule has 1 aromatic heterocycles. The molecule has 2 aliphatic heterocycles. The lowest BCUT2D eigenvalue weighted by atomic mass is 9.94. The first kappa shape index (κ1) is 23.9. The van der Waals surface area contributed by atoms with Crippen molar-refractivity contribution in [1.82, 2.24) is 4.98 Å². The molecule has 0 spiro atoms. The van der Waals surface area contributed by atoms with E-state index in [1.165, 1.54) is 16.2 Å². The van der Waals surface area contributed by atoms with Crippen molar-refractivity contribution in [2.75, 3.05) is 4.90 Å². The number of nitrogens with zero attached hydrogens (tertiary/aromatic N) is 2. The topological polar surface area (TPSA) is 89.0 Å². The summed E-state index contributed by atoms with van der Waals surface area (Å²) >= 11 is 1.25. The molecule has 0 saturated carbocycles. The highest BCUT2D eigenvalue weighted by Gasteiger charge is 2.48. The van der Waals surface area contributed by atoms with Crippen LogP contribution in [0.15, 0.2) is 89.9 Å². The highest BCUT2D eigenvalue weighted by Crippen LogP contribution is 2.44. The van der Waals surface area contributed by atoms with E-state index in [0.29, 0.717) is 35.0 Å². The van der Waals surface area contributed by atoms with E-state index < -0.39 is 17.7 Å². The molecule has 3 aromatic carbocycles. The third kappa shape index (κ3) is 4.33. The number of aliphatic hydroxyl groups is 1. The first-order valence-corrected chi connectivity index (χ1v) is 13.1. The Morgan fingerprint density at radius 2 is 1.95 bits per heavy atom. The SMILES string of the molecule is CC1Cc2cc(/C(O)=C3\C(=O)C(=O)N(c4nccs4)C3c3cccc(OCc4ccccc4)c3)ccc2O1. The molecule has 7 nitrogen and oxygen atoms in total. The van der Waals surface area contributed by atoms with Gasteiger partial charge in [-0.1, -0.05) is 42.5 Å². The maximum Gasteiger partial charge on any atom is 0.301 e. The summed E-state index contributed by atoms with van der Waals surface area (Å²) in [5.74, 6) is -0.383. The molecule has 2 unspecified atom stereocenters. The molecule has 8 heteroatoms. The van der Waals surface area contributed by atoms with Crippen LogP contribution >= 0.6 is 11.3 Å². The maximum absolute atomic E-state index is 13.4. The first-order chi connectivity index (χ1) is 18.5. The molecule has 2 atom stereocenters. The summed E-state index contributed by atoms with van der Waals surface area (Å²) in [5, 5.41) is 13.6. The van der Waals surface area contributed by atoms with Crippen LogP contribution in [-0.4, -0.2) is 27.9 Å². The number of amides is 1. The van der Waals surface area contributed by atoms with Crippen LogP contribution in [0, 0.1) is 0 Å². The maximum atomic E-state index is 13.4. The van der Waals surface area contributed by atoms with Crippen molar-refractivity contribution < 1.29 is 24.2 Å². The van der Waals surface area contributed by atoms with Crippen LogP contribution in [0.4, 0.5) is 5.13 Å². The molecular formula is C30H24N2O5S. The number of carbonyl (C=O) groups is 2. The smallest absolute Gasteiger partial charge is 0.301 e. The number of thiazole rings is 1. The number of benzene rings is 3. The second kappa shape index (κ2) is 9.79. The quantitative estimate of drug-likeness (QED) is 0.199. The second-order valence-electron chi connectivity index (χ2n) is 9.29. The summed E-state index contributed by atoms with van der Waals surface area (Å²) in [4.78, 5) is 32.4. The van der Waals surface area contributed by atoms with Gasteiger partial charge in [0.05, 0.1) is 11.6 Å². The summed E-state index contributed by atoms with van der Waals surface area (Å²) in [6.07, 6.45) is 2.32. The minimum Gasteiger partial charge on any atom is -0.507 e. The summed E-state index contributed by atoms with van der Waals surface area (Å²) < 4.78 is 11.8. The number of anilines is 1. The third-order valence-corrected chi connectivity index (χ3v) is 7.43. The largest absolute Gasteiger partial charge is 0.507 e. The van der Waals surface area contributed by atoms with Gasteiger partial charge in [-0.25, -0.2) is 4.98 Å². The summed E-state index contributed by atoms with van der Waals surface area (Å²) in [6.45, 7) is 2.35. The number of ether oxygens (including phenoxy) is 2. The first-order valence-electron chi connectivity index (χ1n) is 12.3. The van der Waals surface area contributed by atoms with Crippen molar-refractivity contribution >= 4 is 33.9 Å². The number of fused-ring (bicyclic) bond motifs is 1. The molecule has 3 heterocycles. The standard InChI is InChI=1S/C30H24N2O5S/c1-18-14-22-15-21(10-11-24(22)37-18)27(33)25-26(32(29(35)28(25)34)30-31-12-13-38-30)20-8-5-9-23(16-20)36-17-19-6-3-2-4-7-19/h2-13,15-16,18,26,33H,14,17H2,1H3/b27-25+. The Labute approximate surface area is 223 Å². The highest BCUT2D eigenvalue weighted by molar-refractivity contribution is 7.14. The van der Waals surface area contributed by atoms with E-state index in [4.69, 9.17) is 9.47 Å². The Kier molecular flexibility index (Phi) is 6.17. The van der Waals surface area contributed by atoms with E-state index in [1.807, 2.05) is 61.5 Å². The number of ketones is 1. The van der Waals surface area contributed by atoms with E-state index in [9.17, 15) is 14.7 Å². The molecule has 1 N–H and O–H groups in total. The second-order valence-corrected chi connectivity index (χ2v) is 10.2. The van der Waals surface area contributed by atoms with Crippen LogP contribution in [0.25, 0.3) is 5.76 Å². The zero-order chi connectivity index (χ0) is 26.2. The number of aromatic nitrogens is 1. The predicted octanol–water partition coefficient (Wildman–Crippen LogP) is 5.67. The molecule has 1 amide bonds. The fourth-order valence-corrected chi connectivity index (χ4v) is 5.59. The van der Waals surface area contributed by atoms with Crippen molar-refractivity contribution in [3.8, 4) is 11.5 Å². The van der Waals surface area contributed by atoms with Gasteiger partial charge >= 0.3 is 5.91 Å². The van der Waals surface area contributed by atoms with Crippen LogP contribution in [0.5, 0.6) is 11.5 Å². The lowest BCUT2D eigenvalue weighted by Crippen LogP contribution is -2.29. The van der Waals surface area contributed by atoms with Gasteiger partial charge in [0.1, 0.15) is 30.0 Å².